The lowest BCUT2D eigenvalue weighted by Crippen LogP contribution is -2.53. The molecule has 114 valence electrons. The smallest absolute Gasteiger partial charge is 0.243 e. The summed E-state index contributed by atoms with van der Waals surface area (Å²) >= 11 is 3.01. The molecular formula is C13H14BrFN2O3S. The van der Waals surface area contributed by atoms with Gasteiger partial charge in [0.15, 0.2) is 0 Å². The summed E-state index contributed by atoms with van der Waals surface area (Å²) in [4.78, 5) is 13.3. The molecular weight excluding hydrogens is 363 g/mol. The van der Waals surface area contributed by atoms with Crippen LogP contribution >= 0.6 is 15.9 Å². The van der Waals surface area contributed by atoms with Crippen molar-refractivity contribution in [3.05, 3.63) is 28.5 Å². The van der Waals surface area contributed by atoms with Crippen molar-refractivity contribution in [2.24, 2.45) is 0 Å². The molecule has 1 atom stereocenters. The summed E-state index contributed by atoms with van der Waals surface area (Å²) in [5.41, 5.74) is 0. The van der Waals surface area contributed by atoms with Gasteiger partial charge in [-0.15, -0.1) is 0 Å². The van der Waals surface area contributed by atoms with E-state index in [0.717, 1.165) is 6.07 Å². The standard InChI is InChI=1S/C13H14BrFN2O3S/c14-11-3-2-10(7-12(11)15)21(19,20)16-5-6-17-9(8-16)1-4-13(17)18/h2-3,7,9H,1,4-6,8H2. The maximum Gasteiger partial charge on any atom is 0.243 e. The molecule has 0 radical (unpaired) electrons. The van der Waals surface area contributed by atoms with Gasteiger partial charge in [-0.3, -0.25) is 4.79 Å². The highest BCUT2D eigenvalue weighted by Crippen LogP contribution is 2.27. The number of sulfonamides is 1. The Bertz CT molecular complexity index is 695. The highest BCUT2D eigenvalue weighted by molar-refractivity contribution is 9.10. The van der Waals surface area contributed by atoms with E-state index in [9.17, 15) is 17.6 Å². The van der Waals surface area contributed by atoms with Crippen molar-refractivity contribution in [1.29, 1.82) is 0 Å². The van der Waals surface area contributed by atoms with Crippen LogP contribution in [0.5, 0.6) is 0 Å². The second-order valence-electron chi connectivity index (χ2n) is 5.22. The molecule has 2 heterocycles. The Morgan fingerprint density at radius 2 is 2.05 bits per heavy atom. The molecule has 21 heavy (non-hydrogen) atoms. The monoisotopic (exact) mass is 376 g/mol. The molecule has 1 unspecified atom stereocenters. The molecule has 0 bridgehead atoms. The van der Waals surface area contributed by atoms with Crippen molar-refractivity contribution in [3.63, 3.8) is 0 Å². The first-order valence-electron chi connectivity index (χ1n) is 6.64. The number of amides is 1. The molecule has 1 aromatic carbocycles. The molecule has 2 fully saturated rings. The third-order valence-electron chi connectivity index (χ3n) is 3.99. The Morgan fingerprint density at radius 1 is 1.29 bits per heavy atom. The van der Waals surface area contributed by atoms with Crippen LogP contribution in [0.15, 0.2) is 27.6 Å². The maximum atomic E-state index is 13.6. The molecule has 5 nitrogen and oxygen atoms in total. The van der Waals surface area contributed by atoms with Crippen LogP contribution in [-0.2, 0) is 14.8 Å². The van der Waals surface area contributed by atoms with E-state index in [1.54, 1.807) is 4.90 Å². The molecule has 0 N–H and O–H groups in total. The fourth-order valence-electron chi connectivity index (χ4n) is 2.84. The van der Waals surface area contributed by atoms with Gasteiger partial charge < -0.3 is 4.90 Å². The summed E-state index contributed by atoms with van der Waals surface area (Å²) in [6.07, 6.45) is 1.16. The van der Waals surface area contributed by atoms with Gasteiger partial charge in [-0.25, -0.2) is 12.8 Å². The van der Waals surface area contributed by atoms with Crippen LogP contribution in [0.1, 0.15) is 12.8 Å². The molecule has 3 rings (SSSR count). The van der Waals surface area contributed by atoms with Crippen LogP contribution in [0.25, 0.3) is 0 Å². The Labute approximate surface area is 130 Å². The molecule has 2 aliphatic heterocycles. The van der Waals surface area contributed by atoms with Crippen LogP contribution in [0.3, 0.4) is 0 Å². The van der Waals surface area contributed by atoms with Gasteiger partial charge in [0.1, 0.15) is 5.82 Å². The Morgan fingerprint density at radius 3 is 2.76 bits per heavy atom. The van der Waals surface area contributed by atoms with Crippen LogP contribution < -0.4 is 0 Å². The lowest BCUT2D eigenvalue weighted by molar-refractivity contribution is -0.130. The van der Waals surface area contributed by atoms with E-state index in [-0.39, 0.29) is 34.4 Å². The average molecular weight is 377 g/mol. The Hall–Kier alpha value is -0.990. The third kappa shape index (κ3) is 2.60. The minimum Gasteiger partial charge on any atom is -0.337 e. The molecule has 0 spiro atoms. The fourth-order valence-corrected chi connectivity index (χ4v) is 4.57. The number of hydrogen-bond acceptors (Lipinski definition) is 3. The zero-order valence-electron chi connectivity index (χ0n) is 11.1. The molecule has 8 heteroatoms. The molecule has 2 saturated heterocycles. The first kappa shape index (κ1) is 14.9. The SMILES string of the molecule is O=C1CCC2CN(S(=O)(=O)c3ccc(Br)c(F)c3)CCN12. The van der Waals surface area contributed by atoms with Gasteiger partial charge in [-0.05, 0) is 40.5 Å². The second-order valence-corrected chi connectivity index (χ2v) is 8.01. The van der Waals surface area contributed by atoms with Crippen molar-refractivity contribution in [2.45, 2.75) is 23.8 Å². The third-order valence-corrected chi connectivity index (χ3v) is 6.49. The number of halogens is 2. The molecule has 1 amide bonds. The van der Waals surface area contributed by atoms with Crippen LogP contribution in [-0.4, -0.2) is 49.2 Å². The minimum absolute atomic E-state index is 0.0543. The van der Waals surface area contributed by atoms with E-state index < -0.39 is 15.8 Å². The zero-order valence-corrected chi connectivity index (χ0v) is 13.5. The number of benzene rings is 1. The number of hydrogen-bond donors (Lipinski definition) is 0. The van der Waals surface area contributed by atoms with Gasteiger partial charge in [-0.1, -0.05) is 0 Å². The minimum atomic E-state index is -3.72. The van der Waals surface area contributed by atoms with Crippen LogP contribution in [0, 0.1) is 5.82 Å². The van der Waals surface area contributed by atoms with Gasteiger partial charge in [0.25, 0.3) is 0 Å². The predicted molar refractivity (Wildman–Crippen MR) is 77.6 cm³/mol. The van der Waals surface area contributed by atoms with E-state index in [1.165, 1.54) is 16.4 Å². The van der Waals surface area contributed by atoms with E-state index >= 15 is 0 Å². The molecule has 0 saturated carbocycles. The van der Waals surface area contributed by atoms with Crippen molar-refractivity contribution in [1.82, 2.24) is 9.21 Å². The zero-order chi connectivity index (χ0) is 15.2. The average Bonchev–Trinajstić information content (AvgIpc) is 2.83. The molecule has 1 aromatic rings. The number of piperazine rings is 1. The van der Waals surface area contributed by atoms with Crippen LogP contribution in [0.4, 0.5) is 4.39 Å². The summed E-state index contributed by atoms with van der Waals surface area (Å²) in [5, 5.41) is 0. The fraction of sp³-hybridized carbons (Fsp3) is 0.462. The quantitative estimate of drug-likeness (QED) is 0.787. The molecule has 2 aliphatic rings. The number of fused-ring (bicyclic) bond motifs is 1. The van der Waals surface area contributed by atoms with Gasteiger partial charge in [0, 0.05) is 32.1 Å². The first-order valence-corrected chi connectivity index (χ1v) is 8.87. The highest BCUT2D eigenvalue weighted by atomic mass is 79.9. The Kier molecular flexibility index (Phi) is 3.79. The summed E-state index contributed by atoms with van der Waals surface area (Å²) in [7, 11) is -3.72. The normalized spacial score (nSPS) is 23.4. The lowest BCUT2D eigenvalue weighted by atomic mass is 10.2. The van der Waals surface area contributed by atoms with Crippen molar-refractivity contribution >= 4 is 31.9 Å². The van der Waals surface area contributed by atoms with E-state index in [2.05, 4.69) is 15.9 Å². The molecule has 0 aromatic heterocycles. The highest BCUT2D eigenvalue weighted by Gasteiger charge is 2.39. The Balaban J connectivity index is 1.85. The second kappa shape index (κ2) is 5.33. The predicted octanol–water partition coefficient (Wildman–Crippen LogP) is 1.58. The number of carbonyl (C=O) groups excluding carboxylic acids is 1. The van der Waals surface area contributed by atoms with Gasteiger partial charge in [0.05, 0.1) is 9.37 Å². The number of rotatable bonds is 2. The van der Waals surface area contributed by atoms with Crippen molar-refractivity contribution in [2.75, 3.05) is 19.6 Å². The number of nitrogens with zero attached hydrogens (tertiary/aromatic N) is 2. The van der Waals surface area contributed by atoms with E-state index in [4.69, 9.17) is 0 Å². The molecule has 0 aliphatic carbocycles. The summed E-state index contributed by atoms with van der Waals surface area (Å²) < 4.78 is 40.3. The maximum absolute atomic E-state index is 13.6. The van der Waals surface area contributed by atoms with E-state index in [1.807, 2.05) is 0 Å². The van der Waals surface area contributed by atoms with Gasteiger partial charge in [0.2, 0.25) is 15.9 Å². The van der Waals surface area contributed by atoms with E-state index in [0.29, 0.717) is 19.4 Å². The number of carbonyl (C=O) groups is 1. The lowest BCUT2D eigenvalue weighted by Gasteiger charge is -2.36. The topological polar surface area (TPSA) is 57.7 Å². The van der Waals surface area contributed by atoms with Crippen molar-refractivity contribution < 1.29 is 17.6 Å². The summed E-state index contributed by atoms with van der Waals surface area (Å²) in [6, 6.07) is 3.74. The van der Waals surface area contributed by atoms with Crippen LogP contribution in [0.2, 0.25) is 0 Å². The van der Waals surface area contributed by atoms with Gasteiger partial charge >= 0.3 is 0 Å². The summed E-state index contributed by atoms with van der Waals surface area (Å²) in [6.45, 7) is 0.940. The van der Waals surface area contributed by atoms with Crippen molar-refractivity contribution in [3.8, 4) is 0 Å². The largest absolute Gasteiger partial charge is 0.337 e. The van der Waals surface area contributed by atoms with Gasteiger partial charge in [-0.2, -0.15) is 4.31 Å². The summed E-state index contributed by atoms with van der Waals surface area (Å²) in [5.74, 6) is -0.516. The first-order chi connectivity index (χ1) is 9.89.